The second kappa shape index (κ2) is 8.89. The van der Waals surface area contributed by atoms with Crippen LogP contribution in [0.5, 0.6) is 0 Å². The molecular weight excluding hydrogens is 343 g/mol. The minimum Gasteiger partial charge on any atom is -0.389 e. The summed E-state index contributed by atoms with van der Waals surface area (Å²) in [4.78, 5) is 4.57. The second-order valence-corrected chi connectivity index (χ2v) is 8.72. The van der Waals surface area contributed by atoms with Gasteiger partial charge in [-0.05, 0) is 67.7 Å². The number of benzene rings is 1. The van der Waals surface area contributed by atoms with Gasteiger partial charge < -0.3 is 14.7 Å². The van der Waals surface area contributed by atoms with Crippen molar-refractivity contribution in [1.29, 1.82) is 0 Å². The Morgan fingerprint density at radius 2 is 1.85 bits per heavy atom. The third-order valence-corrected chi connectivity index (χ3v) is 6.86. The predicted octanol–water partition coefficient (Wildman–Crippen LogP) is 3.15. The summed E-state index contributed by atoms with van der Waals surface area (Å²) in [5, 5.41) is 10.3. The van der Waals surface area contributed by atoms with Crippen LogP contribution in [0.15, 0.2) is 24.3 Å². The van der Waals surface area contributed by atoms with Crippen molar-refractivity contribution in [2.24, 2.45) is 17.8 Å². The predicted molar refractivity (Wildman–Crippen MR) is 105 cm³/mol. The van der Waals surface area contributed by atoms with Crippen molar-refractivity contribution in [2.75, 3.05) is 50.8 Å². The Labute approximate surface area is 162 Å². The van der Waals surface area contributed by atoms with Gasteiger partial charge in [0.2, 0.25) is 0 Å². The Kier molecular flexibility index (Phi) is 6.31. The zero-order valence-electron chi connectivity index (χ0n) is 16.2. The average Bonchev–Trinajstić information content (AvgIpc) is 3.30. The first-order chi connectivity index (χ1) is 13.2. The standard InChI is InChI=1S/C22H33FN2O2/c23-20-3-5-21(6-4-20)25-10-8-24(9-11-25)15-22(26)16-27-12-7-19-14-17-1-2-18(19)13-17/h3-6,17-19,22,26H,1-2,7-16H2/t17-,18-,19+,22+/m1/s1. The molecule has 27 heavy (non-hydrogen) atoms. The van der Waals surface area contributed by atoms with E-state index in [1.807, 2.05) is 12.1 Å². The minimum atomic E-state index is -0.414. The van der Waals surface area contributed by atoms with Crippen molar-refractivity contribution in [3.05, 3.63) is 30.1 Å². The molecule has 1 aliphatic heterocycles. The summed E-state index contributed by atoms with van der Waals surface area (Å²) in [6.45, 7) is 5.56. The van der Waals surface area contributed by atoms with Gasteiger partial charge in [-0.3, -0.25) is 4.90 Å². The van der Waals surface area contributed by atoms with E-state index in [2.05, 4.69) is 9.80 Å². The summed E-state index contributed by atoms with van der Waals surface area (Å²) in [5.74, 6) is 2.64. The Morgan fingerprint density at radius 3 is 2.52 bits per heavy atom. The molecule has 150 valence electrons. The highest BCUT2D eigenvalue weighted by Crippen LogP contribution is 2.49. The van der Waals surface area contributed by atoms with Crippen LogP contribution < -0.4 is 4.90 Å². The number of aliphatic hydroxyl groups excluding tert-OH is 1. The highest BCUT2D eigenvalue weighted by molar-refractivity contribution is 5.46. The molecule has 1 aromatic carbocycles. The first-order valence-corrected chi connectivity index (χ1v) is 10.7. The zero-order valence-corrected chi connectivity index (χ0v) is 16.2. The molecule has 1 heterocycles. The Morgan fingerprint density at radius 1 is 1.07 bits per heavy atom. The third kappa shape index (κ3) is 5.01. The number of piperazine rings is 1. The van der Waals surface area contributed by atoms with E-state index in [9.17, 15) is 9.50 Å². The Hall–Kier alpha value is -1.17. The molecule has 2 bridgehead atoms. The number of fused-ring (bicyclic) bond motifs is 2. The molecular formula is C22H33FN2O2. The Balaban J connectivity index is 1.09. The number of rotatable bonds is 8. The lowest BCUT2D eigenvalue weighted by atomic mass is 9.87. The van der Waals surface area contributed by atoms with Gasteiger partial charge in [0.15, 0.2) is 0 Å². The lowest BCUT2D eigenvalue weighted by Crippen LogP contribution is -2.49. The molecule has 4 nitrogen and oxygen atoms in total. The second-order valence-electron chi connectivity index (χ2n) is 8.72. The van der Waals surface area contributed by atoms with Crippen LogP contribution >= 0.6 is 0 Å². The van der Waals surface area contributed by atoms with Crippen molar-refractivity contribution < 1.29 is 14.2 Å². The van der Waals surface area contributed by atoms with E-state index in [1.54, 1.807) is 0 Å². The highest BCUT2D eigenvalue weighted by atomic mass is 19.1. The van der Waals surface area contributed by atoms with Crippen molar-refractivity contribution in [1.82, 2.24) is 4.90 Å². The third-order valence-electron chi connectivity index (χ3n) is 6.86. The Bertz CT molecular complexity index is 588. The minimum absolute atomic E-state index is 0.194. The molecule has 4 atom stereocenters. The maximum absolute atomic E-state index is 13.0. The molecule has 0 spiro atoms. The zero-order chi connectivity index (χ0) is 18.6. The molecule has 0 radical (unpaired) electrons. The first-order valence-electron chi connectivity index (χ1n) is 10.7. The van der Waals surface area contributed by atoms with Gasteiger partial charge >= 0.3 is 0 Å². The number of nitrogens with zero attached hydrogens (tertiary/aromatic N) is 2. The summed E-state index contributed by atoms with van der Waals surface area (Å²) in [7, 11) is 0. The number of anilines is 1. The summed E-state index contributed by atoms with van der Waals surface area (Å²) >= 11 is 0. The molecule has 1 aromatic rings. The van der Waals surface area contributed by atoms with Gasteiger partial charge in [-0.2, -0.15) is 0 Å². The molecule has 1 N–H and O–H groups in total. The van der Waals surface area contributed by atoms with Crippen LogP contribution in [0.4, 0.5) is 10.1 Å². The lowest BCUT2D eigenvalue weighted by molar-refractivity contribution is 0.0100. The lowest BCUT2D eigenvalue weighted by Gasteiger charge is -2.36. The van der Waals surface area contributed by atoms with Gasteiger partial charge in [0, 0.05) is 45.0 Å². The number of hydrogen-bond donors (Lipinski definition) is 1. The highest BCUT2D eigenvalue weighted by Gasteiger charge is 2.38. The SMILES string of the molecule is O[C@H](COCC[C@H]1C[C@@H]2CC[C@@H]1C2)CN1CCN(c2ccc(F)cc2)CC1. The fraction of sp³-hybridized carbons (Fsp3) is 0.727. The number of aliphatic hydroxyl groups is 1. The van der Waals surface area contributed by atoms with E-state index in [-0.39, 0.29) is 5.82 Å². The van der Waals surface area contributed by atoms with E-state index in [4.69, 9.17) is 4.74 Å². The maximum atomic E-state index is 13.0. The quantitative estimate of drug-likeness (QED) is 0.707. The van der Waals surface area contributed by atoms with Gasteiger partial charge in [-0.1, -0.05) is 6.42 Å². The topological polar surface area (TPSA) is 35.9 Å². The molecule has 2 saturated carbocycles. The number of halogens is 1. The van der Waals surface area contributed by atoms with Crippen LogP contribution in [0.25, 0.3) is 0 Å². The van der Waals surface area contributed by atoms with Crippen LogP contribution in [0.2, 0.25) is 0 Å². The van der Waals surface area contributed by atoms with Crippen molar-refractivity contribution >= 4 is 5.69 Å². The molecule has 2 aliphatic carbocycles. The monoisotopic (exact) mass is 376 g/mol. The first kappa shape index (κ1) is 19.2. The van der Waals surface area contributed by atoms with E-state index in [1.165, 1.54) is 44.2 Å². The molecule has 4 rings (SSSR count). The smallest absolute Gasteiger partial charge is 0.123 e. The average molecular weight is 377 g/mol. The van der Waals surface area contributed by atoms with Gasteiger partial charge in [0.1, 0.15) is 5.82 Å². The van der Waals surface area contributed by atoms with Gasteiger partial charge in [0.25, 0.3) is 0 Å². The van der Waals surface area contributed by atoms with E-state index in [0.29, 0.717) is 13.2 Å². The molecule has 3 fully saturated rings. The summed E-state index contributed by atoms with van der Waals surface area (Å²) in [5.41, 5.74) is 1.07. The summed E-state index contributed by atoms with van der Waals surface area (Å²) < 4.78 is 18.8. The van der Waals surface area contributed by atoms with Gasteiger partial charge in [-0.25, -0.2) is 4.39 Å². The van der Waals surface area contributed by atoms with Crippen LogP contribution in [-0.4, -0.2) is 62.0 Å². The fourth-order valence-electron chi connectivity index (χ4n) is 5.38. The number of hydrogen-bond acceptors (Lipinski definition) is 4. The number of ether oxygens (including phenoxy) is 1. The van der Waals surface area contributed by atoms with E-state index in [0.717, 1.165) is 56.2 Å². The van der Waals surface area contributed by atoms with Crippen LogP contribution in [0, 0.1) is 23.6 Å². The molecule has 0 amide bonds. The van der Waals surface area contributed by atoms with Crippen LogP contribution in [-0.2, 0) is 4.74 Å². The molecule has 5 heteroatoms. The van der Waals surface area contributed by atoms with Crippen LogP contribution in [0.3, 0.4) is 0 Å². The van der Waals surface area contributed by atoms with Crippen LogP contribution in [0.1, 0.15) is 32.1 Å². The van der Waals surface area contributed by atoms with Crippen molar-refractivity contribution in [2.45, 2.75) is 38.2 Å². The normalized spacial score (nSPS) is 29.4. The van der Waals surface area contributed by atoms with Gasteiger partial charge in [-0.15, -0.1) is 0 Å². The molecule has 0 aromatic heterocycles. The molecule has 0 unspecified atom stereocenters. The van der Waals surface area contributed by atoms with E-state index < -0.39 is 6.10 Å². The van der Waals surface area contributed by atoms with Crippen molar-refractivity contribution in [3.8, 4) is 0 Å². The molecule has 3 aliphatic rings. The van der Waals surface area contributed by atoms with Crippen molar-refractivity contribution in [3.63, 3.8) is 0 Å². The number of β-amino-alcohol motifs (C(OH)–C–C–N with tert-alkyl or cyclic N) is 1. The maximum Gasteiger partial charge on any atom is 0.123 e. The van der Waals surface area contributed by atoms with E-state index >= 15 is 0 Å². The summed E-state index contributed by atoms with van der Waals surface area (Å²) in [6, 6.07) is 6.70. The summed E-state index contributed by atoms with van der Waals surface area (Å²) in [6.07, 6.45) is 6.51. The largest absolute Gasteiger partial charge is 0.389 e. The van der Waals surface area contributed by atoms with Gasteiger partial charge in [0.05, 0.1) is 12.7 Å². The fourth-order valence-corrected chi connectivity index (χ4v) is 5.38. The molecule has 1 saturated heterocycles.